The van der Waals surface area contributed by atoms with Crippen LogP contribution in [0.15, 0.2) is 39.6 Å². The maximum absolute atomic E-state index is 12.8. The molecule has 0 spiro atoms. The average Bonchev–Trinajstić information content (AvgIpc) is 3.57. The fourth-order valence-electron chi connectivity index (χ4n) is 3.21. The third-order valence-electron chi connectivity index (χ3n) is 4.86. The first-order valence-electron chi connectivity index (χ1n) is 9.95. The summed E-state index contributed by atoms with van der Waals surface area (Å²) in [5.41, 5.74) is 0.838. The zero-order valence-electron chi connectivity index (χ0n) is 17.2. The predicted molar refractivity (Wildman–Crippen MR) is 108 cm³/mol. The molecule has 4 heterocycles. The molecule has 1 atom stereocenters. The van der Waals surface area contributed by atoms with Gasteiger partial charge >= 0.3 is 0 Å². The van der Waals surface area contributed by atoms with Crippen molar-refractivity contribution in [3.05, 3.63) is 42.2 Å². The van der Waals surface area contributed by atoms with E-state index in [0.29, 0.717) is 36.3 Å². The van der Waals surface area contributed by atoms with Gasteiger partial charge in [-0.15, -0.1) is 0 Å². The van der Waals surface area contributed by atoms with Crippen LogP contribution >= 0.6 is 0 Å². The maximum atomic E-state index is 12.8. The number of hydrogen-bond acceptors (Lipinski definition) is 10. The van der Waals surface area contributed by atoms with Crippen molar-refractivity contribution in [3.8, 4) is 34.5 Å². The van der Waals surface area contributed by atoms with Gasteiger partial charge in [0.2, 0.25) is 11.7 Å². The molecule has 12 heteroatoms. The molecule has 0 bridgehead atoms. The molecule has 1 aliphatic rings. The molecule has 3 aromatic heterocycles. The van der Waals surface area contributed by atoms with Crippen molar-refractivity contribution in [2.24, 2.45) is 5.92 Å². The molecule has 1 aliphatic heterocycles. The van der Waals surface area contributed by atoms with Crippen LogP contribution in [0.3, 0.4) is 0 Å². The number of hydrogen-bond donors (Lipinski definition) is 2. The molecule has 0 saturated heterocycles. The number of amides is 1. The van der Waals surface area contributed by atoms with Gasteiger partial charge in [-0.2, -0.15) is 10.1 Å². The Bertz CT molecular complexity index is 1230. The lowest BCUT2D eigenvalue weighted by molar-refractivity contribution is 0.0904. The number of nitrogens with one attached hydrogen (secondary N) is 2. The van der Waals surface area contributed by atoms with Crippen LogP contribution in [0.25, 0.3) is 23.0 Å². The summed E-state index contributed by atoms with van der Waals surface area (Å²) in [7, 11) is 0. The first-order valence-corrected chi connectivity index (χ1v) is 9.95. The molecule has 2 N–H and O–H groups in total. The van der Waals surface area contributed by atoms with Crippen LogP contribution in [0.5, 0.6) is 11.5 Å². The first kappa shape index (κ1) is 19.7. The summed E-state index contributed by atoms with van der Waals surface area (Å²) in [6.07, 6.45) is 1.34. The van der Waals surface area contributed by atoms with Gasteiger partial charge in [0.1, 0.15) is 25.6 Å². The van der Waals surface area contributed by atoms with Crippen molar-refractivity contribution in [1.82, 2.24) is 35.8 Å². The first-order chi connectivity index (χ1) is 15.6. The van der Waals surface area contributed by atoms with Gasteiger partial charge in [-0.05, 0) is 24.1 Å². The Hall–Kier alpha value is -4.22. The molecule has 32 heavy (non-hydrogen) atoms. The summed E-state index contributed by atoms with van der Waals surface area (Å²) in [4.78, 5) is 21.2. The predicted octanol–water partition coefficient (Wildman–Crippen LogP) is 2.41. The molecular weight excluding hydrogens is 418 g/mol. The van der Waals surface area contributed by atoms with E-state index in [4.69, 9.17) is 18.5 Å². The third kappa shape index (κ3) is 3.77. The molecule has 5 rings (SSSR count). The smallest absolute Gasteiger partial charge is 0.274 e. The van der Waals surface area contributed by atoms with Gasteiger partial charge in [-0.1, -0.05) is 24.2 Å². The van der Waals surface area contributed by atoms with E-state index in [1.807, 2.05) is 19.9 Å². The highest BCUT2D eigenvalue weighted by Crippen LogP contribution is 2.34. The lowest BCUT2D eigenvalue weighted by atomic mass is 10.0. The van der Waals surface area contributed by atoms with Crippen LogP contribution in [0, 0.1) is 5.92 Å². The fourth-order valence-corrected chi connectivity index (χ4v) is 3.21. The summed E-state index contributed by atoms with van der Waals surface area (Å²) in [5, 5.41) is 17.1. The topological polar surface area (TPSA) is 154 Å². The van der Waals surface area contributed by atoms with Gasteiger partial charge < -0.3 is 23.8 Å². The summed E-state index contributed by atoms with van der Waals surface area (Å²) in [6.45, 7) is 4.83. The summed E-state index contributed by atoms with van der Waals surface area (Å²) >= 11 is 0. The zero-order chi connectivity index (χ0) is 22.1. The number of H-pyrrole nitrogens is 1. The molecule has 4 aromatic rings. The van der Waals surface area contributed by atoms with Crippen molar-refractivity contribution in [3.63, 3.8) is 0 Å². The number of benzene rings is 1. The van der Waals surface area contributed by atoms with Crippen LogP contribution in [0.1, 0.15) is 36.3 Å². The Kier molecular flexibility index (Phi) is 5.01. The maximum Gasteiger partial charge on any atom is 0.274 e. The number of carbonyl (C=O) groups is 1. The third-order valence-corrected chi connectivity index (χ3v) is 4.86. The van der Waals surface area contributed by atoms with Gasteiger partial charge in [0.25, 0.3) is 5.91 Å². The van der Waals surface area contributed by atoms with Crippen molar-refractivity contribution in [1.29, 1.82) is 0 Å². The lowest BCUT2D eigenvalue weighted by Gasteiger charge is -2.18. The number of rotatable bonds is 6. The Labute approximate surface area is 181 Å². The number of ether oxygens (including phenoxy) is 2. The van der Waals surface area contributed by atoms with E-state index in [9.17, 15) is 4.79 Å². The Morgan fingerprint density at radius 1 is 1.09 bits per heavy atom. The molecule has 0 aliphatic carbocycles. The molecule has 12 nitrogen and oxygen atoms in total. The molecule has 1 amide bonds. The van der Waals surface area contributed by atoms with E-state index in [0.717, 1.165) is 5.56 Å². The van der Waals surface area contributed by atoms with Gasteiger partial charge in [0.05, 0.1) is 0 Å². The van der Waals surface area contributed by atoms with Crippen LogP contribution in [-0.4, -0.2) is 49.6 Å². The van der Waals surface area contributed by atoms with Crippen LogP contribution in [0.4, 0.5) is 0 Å². The monoisotopic (exact) mass is 437 g/mol. The molecular formula is C20H19N7O5. The van der Waals surface area contributed by atoms with E-state index in [1.165, 1.54) is 6.33 Å². The summed E-state index contributed by atoms with van der Waals surface area (Å²) in [6, 6.07) is 6.42. The number of fused-ring (bicyclic) bond motifs is 1. The summed E-state index contributed by atoms with van der Waals surface area (Å²) < 4.78 is 21.9. The van der Waals surface area contributed by atoms with Gasteiger partial charge in [0.15, 0.2) is 28.8 Å². The molecule has 0 radical (unpaired) electrons. The standard InChI is InChI=1S/C20H19N7O5/c1-10(2)16(20-24-18(27-32-20)17-21-9-22-25-17)23-19(28)12-8-14(31-26-12)11-3-4-13-15(7-11)30-6-5-29-13/h3-4,7-10,16H,5-6H2,1-2H3,(H,23,28)(H,21,22,25)/t16-/m1/s1. The van der Waals surface area contributed by atoms with Crippen LogP contribution in [-0.2, 0) is 0 Å². The number of aromatic nitrogens is 6. The second-order valence-electron chi connectivity index (χ2n) is 7.42. The van der Waals surface area contributed by atoms with Crippen LogP contribution < -0.4 is 14.8 Å². The SMILES string of the molecule is CC(C)[C@@H](NC(=O)c1cc(-c2ccc3c(c2)OCCO3)on1)c1nc(-c2ncn[nH]2)no1. The van der Waals surface area contributed by atoms with Gasteiger partial charge in [0, 0.05) is 11.6 Å². The minimum Gasteiger partial charge on any atom is -0.486 e. The van der Waals surface area contributed by atoms with E-state index < -0.39 is 11.9 Å². The van der Waals surface area contributed by atoms with Crippen molar-refractivity contribution in [2.75, 3.05) is 13.2 Å². The quantitative estimate of drug-likeness (QED) is 0.459. The minimum atomic E-state index is -0.541. The van der Waals surface area contributed by atoms with E-state index >= 15 is 0 Å². The van der Waals surface area contributed by atoms with Crippen LogP contribution in [0.2, 0.25) is 0 Å². The fraction of sp³-hybridized carbons (Fsp3) is 0.300. The van der Waals surface area contributed by atoms with Gasteiger partial charge in [-0.3, -0.25) is 9.89 Å². The number of nitrogens with zero attached hydrogens (tertiary/aromatic N) is 5. The van der Waals surface area contributed by atoms with E-state index in [2.05, 4.69) is 35.8 Å². The highest BCUT2D eigenvalue weighted by molar-refractivity contribution is 5.93. The Morgan fingerprint density at radius 3 is 2.72 bits per heavy atom. The minimum absolute atomic E-state index is 0.0360. The molecule has 0 fully saturated rings. The Morgan fingerprint density at radius 2 is 1.94 bits per heavy atom. The highest BCUT2D eigenvalue weighted by Gasteiger charge is 2.27. The number of carbonyl (C=O) groups excluding carboxylic acids is 1. The van der Waals surface area contributed by atoms with Gasteiger partial charge in [-0.25, -0.2) is 4.98 Å². The number of aromatic amines is 1. The average molecular weight is 437 g/mol. The van der Waals surface area contributed by atoms with Crippen molar-refractivity contribution < 1.29 is 23.3 Å². The largest absolute Gasteiger partial charge is 0.486 e. The highest BCUT2D eigenvalue weighted by atomic mass is 16.6. The summed E-state index contributed by atoms with van der Waals surface area (Å²) in [5.74, 6) is 2.11. The molecule has 1 aromatic carbocycles. The lowest BCUT2D eigenvalue weighted by Crippen LogP contribution is -2.32. The second-order valence-corrected chi connectivity index (χ2v) is 7.42. The molecule has 0 unspecified atom stereocenters. The van der Waals surface area contributed by atoms with E-state index in [-0.39, 0.29) is 23.3 Å². The van der Waals surface area contributed by atoms with E-state index in [1.54, 1.807) is 18.2 Å². The molecule has 164 valence electrons. The Balaban J connectivity index is 1.33. The zero-order valence-corrected chi connectivity index (χ0v) is 17.2. The second kappa shape index (κ2) is 8.13. The normalized spacial score (nSPS) is 13.8. The molecule has 0 saturated carbocycles. The van der Waals surface area contributed by atoms with Crippen molar-refractivity contribution >= 4 is 5.91 Å². The van der Waals surface area contributed by atoms with Crippen molar-refractivity contribution in [2.45, 2.75) is 19.9 Å².